The summed E-state index contributed by atoms with van der Waals surface area (Å²) >= 11 is 0. The average Bonchev–Trinajstić information content (AvgIpc) is 3.21. The molecule has 0 saturated heterocycles. The van der Waals surface area contributed by atoms with Gasteiger partial charge in [-0.3, -0.25) is 4.79 Å². The number of benzene rings is 1. The molecule has 2 rings (SSSR count). The van der Waals surface area contributed by atoms with E-state index in [9.17, 15) is 9.18 Å². The second kappa shape index (κ2) is 7.97. The first kappa shape index (κ1) is 14.9. The number of carbonyl (C=O) groups excluding carboxylic acids is 1. The standard InChI is InChI=1S/C15H21FN2O2/c16-13-3-1-4-14(9-13)18-15(19)10-17-7-2-8-20-11-12-5-6-12/h1,3-4,9,12,17H,2,5-8,10-11H2,(H,18,19). The van der Waals surface area contributed by atoms with Crippen molar-refractivity contribution in [3.8, 4) is 0 Å². The van der Waals surface area contributed by atoms with Gasteiger partial charge in [0.1, 0.15) is 5.82 Å². The number of ether oxygens (including phenoxy) is 1. The molecule has 0 radical (unpaired) electrons. The van der Waals surface area contributed by atoms with E-state index in [1.807, 2.05) is 0 Å². The lowest BCUT2D eigenvalue weighted by Crippen LogP contribution is -2.29. The first-order chi connectivity index (χ1) is 9.74. The summed E-state index contributed by atoms with van der Waals surface area (Å²) in [5.41, 5.74) is 0.476. The molecule has 20 heavy (non-hydrogen) atoms. The Morgan fingerprint density at radius 2 is 2.25 bits per heavy atom. The van der Waals surface area contributed by atoms with Crippen molar-refractivity contribution < 1.29 is 13.9 Å². The number of hydrogen-bond acceptors (Lipinski definition) is 3. The van der Waals surface area contributed by atoms with Crippen LogP contribution < -0.4 is 10.6 Å². The fourth-order valence-electron chi connectivity index (χ4n) is 1.81. The van der Waals surface area contributed by atoms with Gasteiger partial charge in [-0.2, -0.15) is 0 Å². The van der Waals surface area contributed by atoms with Crippen LogP contribution in [0.5, 0.6) is 0 Å². The van der Waals surface area contributed by atoms with Gasteiger partial charge in [-0.1, -0.05) is 6.07 Å². The molecular formula is C15H21FN2O2. The van der Waals surface area contributed by atoms with E-state index in [1.54, 1.807) is 12.1 Å². The molecule has 1 aromatic rings. The normalized spacial score (nSPS) is 14.2. The Balaban J connectivity index is 1.49. The fraction of sp³-hybridized carbons (Fsp3) is 0.533. The van der Waals surface area contributed by atoms with E-state index >= 15 is 0 Å². The summed E-state index contributed by atoms with van der Waals surface area (Å²) in [6, 6.07) is 5.86. The minimum absolute atomic E-state index is 0.172. The molecule has 1 aromatic carbocycles. The summed E-state index contributed by atoms with van der Waals surface area (Å²) in [6.45, 7) is 2.56. The average molecular weight is 280 g/mol. The highest BCUT2D eigenvalue weighted by atomic mass is 19.1. The number of amides is 1. The molecule has 0 heterocycles. The number of rotatable bonds is 9. The smallest absolute Gasteiger partial charge is 0.238 e. The highest BCUT2D eigenvalue weighted by Crippen LogP contribution is 2.28. The maximum absolute atomic E-state index is 12.9. The van der Waals surface area contributed by atoms with Crippen molar-refractivity contribution in [1.29, 1.82) is 0 Å². The molecule has 4 nitrogen and oxygen atoms in total. The number of nitrogens with one attached hydrogen (secondary N) is 2. The van der Waals surface area contributed by atoms with Crippen LogP contribution in [0.4, 0.5) is 10.1 Å². The number of hydrogen-bond donors (Lipinski definition) is 2. The number of anilines is 1. The van der Waals surface area contributed by atoms with E-state index in [0.717, 1.165) is 32.1 Å². The van der Waals surface area contributed by atoms with Crippen LogP contribution in [0.2, 0.25) is 0 Å². The molecular weight excluding hydrogens is 259 g/mol. The molecule has 5 heteroatoms. The van der Waals surface area contributed by atoms with E-state index in [0.29, 0.717) is 5.69 Å². The summed E-state index contributed by atoms with van der Waals surface area (Å²) in [7, 11) is 0. The summed E-state index contributed by atoms with van der Waals surface area (Å²) in [4.78, 5) is 11.6. The second-order valence-corrected chi connectivity index (χ2v) is 5.11. The predicted octanol–water partition coefficient (Wildman–Crippen LogP) is 2.17. The Bertz CT molecular complexity index is 436. The lowest BCUT2D eigenvalue weighted by molar-refractivity contribution is -0.115. The van der Waals surface area contributed by atoms with Gasteiger partial charge in [-0.25, -0.2) is 4.39 Å². The molecule has 1 saturated carbocycles. The molecule has 2 N–H and O–H groups in total. The van der Waals surface area contributed by atoms with Gasteiger partial charge in [0.05, 0.1) is 6.54 Å². The van der Waals surface area contributed by atoms with Gasteiger partial charge in [0.2, 0.25) is 5.91 Å². The van der Waals surface area contributed by atoms with Crippen LogP contribution in [0.15, 0.2) is 24.3 Å². The van der Waals surface area contributed by atoms with Crippen molar-refractivity contribution in [2.45, 2.75) is 19.3 Å². The van der Waals surface area contributed by atoms with Crippen molar-refractivity contribution in [3.05, 3.63) is 30.1 Å². The summed E-state index contributed by atoms with van der Waals surface area (Å²) in [5.74, 6) is 0.262. The largest absolute Gasteiger partial charge is 0.381 e. The maximum atomic E-state index is 12.9. The monoisotopic (exact) mass is 280 g/mol. The fourth-order valence-corrected chi connectivity index (χ4v) is 1.81. The molecule has 0 aromatic heterocycles. The third-order valence-corrected chi connectivity index (χ3v) is 3.09. The van der Waals surface area contributed by atoms with E-state index in [1.165, 1.54) is 25.0 Å². The Hall–Kier alpha value is -1.46. The molecule has 1 aliphatic carbocycles. The van der Waals surface area contributed by atoms with E-state index in [-0.39, 0.29) is 18.3 Å². The third-order valence-electron chi connectivity index (χ3n) is 3.09. The summed E-state index contributed by atoms with van der Waals surface area (Å²) in [5, 5.41) is 5.67. The first-order valence-corrected chi connectivity index (χ1v) is 7.08. The molecule has 0 spiro atoms. The Labute approximate surface area is 118 Å². The van der Waals surface area contributed by atoms with Gasteiger partial charge in [-0.05, 0) is 49.9 Å². The van der Waals surface area contributed by atoms with Gasteiger partial charge < -0.3 is 15.4 Å². The van der Waals surface area contributed by atoms with Crippen molar-refractivity contribution in [2.24, 2.45) is 5.92 Å². The number of carbonyl (C=O) groups is 1. The van der Waals surface area contributed by atoms with E-state index in [2.05, 4.69) is 10.6 Å². The van der Waals surface area contributed by atoms with Gasteiger partial charge in [0, 0.05) is 18.9 Å². The van der Waals surface area contributed by atoms with Gasteiger partial charge in [0.15, 0.2) is 0 Å². The topological polar surface area (TPSA) is 50.4 Å². The second-order valence-electron chi connectivity index (χ2n) is 5.11. The van der Waals surface area contributed by atoms with Crippen LogP contribution in [0.25, 0.3) is 0 Å². The van der Waals surface area contributed by atoms with Crippen LogP contribution in [0, 0.1) is 11.7 Å². The lowest BCUT2D eigenvalue weighted by atomic mass is 10.3. The molecule has 0 unspecified atom stereocenters. The molecule has 0 atom stereocenters. The SMILES string of the molecule is O=C(CNCCCOCC1CC1)Nc1cccc(F)c1. The quantitative estimate of drug-likeness (QED) is 0.682. The highest BCUT2D eigenvalue weighted by Gasteiger charge is 2.20. The van der Waals surface area contributed by atoms with Gasteiger partial charge in [0.25, 0.3) is 0 Å². The van der Waals surface area contributed by atoms with Crippen molar-refractivity contribution in [2.75, 3.05) is 31.6 Å². The molecule has 1 fully saturated rings. The molecule has 1 amide bonds. The minimum atomic E-state index is -0.358. The van der Waals surface area contributed by atoms with Crippen LogP contribution >= 0.6 is 0 Å². The Morgan fingerprint density at radius 3 is 3.00 bits per heavy atom. The first-order valence-electron chi connectivity index (χ1n) is 7.08. The highest BCUT2D eigenvalue weighted by molar-refractivity contribution is 5.92. The number of halogens is 1. The molecule has 0 bridgehead atoms. The van der Waals surface area contributed by atoms with Crippen molar-refractivity contribution in [3.63, 3.8) is 0 Å². The zero-order valence-electron chi connectivity index (χ0n) is 11.5. The van der Waals surface area contributed by atoms with Crippen molar-refractivity contribution >= 4 is 11.6 Å². The molecule has 1 aliphatic rings. The van der Waals surface area contributed by atoms with Crippen LogP contribution in [0.1, 0.15) is 19.3 Å². The third kappa shape index (κ3) is 6.12. The summed E-state index contributed by atoms with van der Waals surface area (Å²) < 4.78 is 18.4. The predicted molar refractivity (Wildman–Crippen MR) is 76.1 cm³/mol. The van der Waals surface area contributed by atoms with Crippen LogP contribution in [-0.2, 0) is 9.53 Å². The molecule has 0 aliphatic heterocycles. The summed E-state index contributed by atoms with van der Waals surface area (Å²) in [6.07, 6.45) is 3.50. The minimum Gasteiger partial charge on any atom is -0.381 e. The zero-order valence-corrected chi connectivity index (χ0v) is 11.5. The lowest BCUT2D eigenvalue weighted by Gasteiger charge is -2.07. The Morgan fingerprint density at radius 1 is 1.40 bits per heavy atom. The van der Waals surface area contributed by atoms with Crippen LogP contribution in [-0.4, -0.2) is 32.2 Å². The van der Waals surface area contributed by atoms with E-state index in [4.69, 9.17) is 4.74 Å². The van der Waals surface area contributed by atoms with Crippen molar-refractivity contribution in [1.82, 2.24) is 5.32 Å². The maximum Gasteiger partial charge on any atom is 0.238 e. The zero-order chi connectivity index (χ0) is 14.2. The Kier molecular flexibility index (Phi) is 5.95. The molecule has 110 valence electrons. The van der Waals surface area contributed by atoms with Gasteiger partial charge >= 0.3 is 0 Å². The van der Waals surface area contributed by atoms with Crippen LogP contribution in [0.3, 0.4) is 0 Å². The van der Waals surface area contributed by atoms with Gasteiger partial charge in [-0.15, -0.1) is 0 Å². The van der Waals surface area contributed by atoms with E-state index < -0.39 is 0 Å².